The van der Waals surface area contributed by atoms with Gasteiger partial charge in [-0.05, 0) is 71.8 Å². The topological polar surface area (TPSA) is 32.5 Å². The van der Waals surface area contributed by atoms with Gasteiger partial charge in [-0.15, -0.1) is 0 Å². The highest BCUT2D eigenvalue weighted by Crippen LogP contribution is 2.36. The second-order valence-electron chi connectivity index (χ2n) is 7.44. The SMILES string of the molecule is CC(C)C1CCCC(CN)(N(C)CCCN(C)C)CC1. The lowest BCUT2D eigenvalue weighted by molar-refractivity contribution is 0.101. The van der Waals surface area contributed by atoms with Crippen molar-refractivity contribution >= 4 is 0 Å². The summed E-state index contributed by atoms with van der Waals surface area (Å²) in [6, 6.07) is 0. The van der Waals surface area contributed by atoms with Crippen LogP contribution in [-0.2, 0) is 0 Å². The van der Waals surface area contributed by atoms with E-state index in [0.717, 1.165) is 18.4 Å². The van der Waals surface area contributed by atoms with Gasteiger partial charge in [-0.3, -0.25) is 4.90 Å². The molecule has 1 aliphatic carbocycles. The van der Waals surface area contributed by atoms with Crippen molar-refractivity contribution in [2.45, 2.75) is 57.9 Å². The highest BCUT2D eigenvalue weighted by atomic mass is 15.2. The molecule has 0 aromatic carbocycles. The second kappa shape index (κ2) is 8.35. The molecule has 20 heavy (non-hydrogen) atoms. The molecule has 0 radical (unpaired) electrons. The Balaban J connectivity index is 2.57. The van der Waals surface area contributed by atoms with E-state index in [0.29, 0.717) is 0 Å². The summed E-state index contributed by atoms with van der Waals surface area (Å²) in [7, 11) is 6.59. The third-order valence-electron chi connectivity index (χ3n) is 5.43. The van der Waals surface area contributed by atoms with Crippen LogP contribution in [-0.4, -0.2) is 56.1 Å². The molecular formula is C17H37N3. The summed E-state index contributed by atoms with van der Waals surface area (Å²) < 4.78 is 0. The Labute approximate surface area is 126 Å². The first-order chi connectivity index (χ1) is 9.41. The lowest BCUT2D eigenvalue weighted by Crippen LogP contribution is -2.52. The molecule has 1 rings (SSSR count). The predicted molar refractivity (Wildman–Crippen MR) is 89.0 cm³/mol. The first-order valence-electron chi connectivity index (χ1n) is 8.47. The molecule has 3 nitrogen and oxygen atoms in total. The fraction of sp³-hybridized carbons (Fsp3) is 1.00. The molecule has 0 spiro atoms. The standard InChI is InChI=1S/C17H37N3/c1-15(2)16-8-6-10-17(14-18,11-9-16)20(5)13-7-12-19(3)4/h15-16H,6-14,18H2,1-5H3. The summed E-state index contributed by atoms with van der Waals surface area (Å²) in [4.78, 5) is 4.84. The van der Waals surface area contributed by atoms with Gasteiger partial charge >= 0.3 is 0 Å². The number of hydrogen-bond donors (Lipinski definition) is 1. The van der Waals surface area contributed by atoms with Gasteiger partial charge in [0.15, 0.2) is 0 Å². The van der Waals surface area contributed by atoms with Crippen molar-refractivity contribution in [2.24, 2.45) is 17.6 Å². The van der Waals surface area contributed by atoms with Gasteiger partial charge in [0.2, 0.25) is 0 Å². The Hall–Kier alpha value is -0.120. The highest BCUT2D eigenvalue weighted by molar-refractivity contribution is 4.93. The lowest BCUT2D eigenvalue weighted by Gasteiger charge is -2.41. The van der Waals surface area contributed by atoms with Crippen LogP contribution < -0.4 is 5.73 Å². The number of nitrogens with two attached hydrogens (primary N) is 1. The van der Waals surface area contributed by atoms with Crippen LogP contribution in [0.3, 0.4) is 0 Å². The molecule has 1 aliphatic rings. The normalized spacial score (nSPS) is 28.4. The molecule has 2 atom stereocenters. The molecule has 1 saturated carbocycles. The summed E-state index contributed by atoms with van der Waals surface area (Å²) >= 11 is 0. The third kappa shape index (κ3) is 5.01. The Kier molecular flexibility index (Phi) is 7.49. The molecule has 3 heteroatoms. The summed E-state index contributed by atoms with van der Waals surface area (Å²) in [5.74, 6) is 1.72. The van der Waals surface area contributed by atoms with Crippen LogP contribution in [0, 0.1) is 11.8 Å². The van der Waals surface area contributed by atoms with Crippen molar-refractivity contribution in [3.05, 3.63) is 0 Å². The molecule has 0 heterocycles. The molecule has 0 aromatic rings. The van der Waals surface area contributed by atoms with Gasteiger partial charge in [0.1, 0.15) is 0 Å². The summed E-state index contributed by atoms with van der Waals surface area (Å²) in [5.41, 5.74) is 6.47. The Morgan fingerprint density at radius 2 is 1.80 bits per heavy atom. The molecule has 0 saturated heterocycles. The van der Waals surface area contributed by atoms with Gasteiger partial charge in [0.05, 0.1) is 0 Å². The van der Waals surface area contributed by atoms with Gasteiger partial charge in [-0.2, -0.15) is 0 Å². The van der Waals surface area contributed by atoms with E-state index in [2.05, 4.69) is 44.8 Å². The van der Waals surface area contributed by atoms with Crippen LogP contribution in [0.5, 0.6) is 0 Å². The first-order valence-corrected chi connectivity index (χ1v) is 8.47. The maximum absolute atomic E-state index is 6.21. The summed E-state index contributed by atoms with van der Waals surface area (Å²) in [6.45, 7) is 7.90. The minimum atomic E-state index is 0.260. The van der Waals surface area contributed by atoms with Crippen LogP contribution in [0.15, 0.2) is 0 Å². The molecule has 0 aliphatic heterocycles. The number of hydrogen-bond acceptors (Lipinski definition) is 3. The smallest absolute Gasteiger partial charge is 0.0328 e. The highest BCUT2D eigenvalue weighted by Gasteiger charge is 2.35. The van der Waals surface area contributed by atoms with E-state index in [1.807, 2.05) is 0 Å². The molecule has 0 bridgehead atoms. The van der Waals surface area contributed by atoms with Crippen LogP contribution in [0.1, 0.15) is 52.4 Å². The maximum atomic E-state index is 6.21. The molecule has 0 amide bonds. The van der Waals surface area contributed by atoms with Gasteiger partial charge < -0.3 is 10.6 Å². The average Bonchev–Trinajstić information content (AvgIpc) is 2.61. The number of likely N-dealkylation sites (N-methyl/N-ethyl adjacent to an activating group) is 1. The van der Waals surface area contributed by atoms with E-state index >= 15 is 0 Å². The van der Waals surface area contributed by atoms with E-state index in [-0.39, 0.29) is 5.54 Å². The molecule has 1 fully saturated rings. The van der Waals surface area contributed by atoms with Gasteiger partial charge in [0.25, 0.3) is 0 Å². The van der Waals surface area contributed by atoms with Crippen molar-refractivity contribution in [1.82, 2.24) is 9.80 Å². The Morgan fingerprint density at radius 3 is 2.35 bits per heavy atom. The lowest BCUT2D eigenvalue weighted by atomic mass is 9.85. The summed E-state index contributed by atoms with van der Waals surface area (Å²) in [6.07, 6.45) is 7.89. The van der Waals surface area contributed by atoms with E-state index < -0.39 is 0 Å². The van der Waals surface area contributed by atoms with E-state index in [9.17, 15) is 0 Å². The van der Waals surface area contributed by atoms with Crippen molar-refractivity contribution < 1.29 is 0 Å². The predicted octanol–water partition coefficient (Wildman–Crippen LogP) is 2.80. The second-order valence-corrected chi connectivity index (χ2v) is 7.44. The van der Waals surface area contributed by atoms with Crippen molar-refractivity contribution in [2.75, 3.05) is 40.8 Å². The fourth-order valence-electron chi connectivity index (χ4n) is 3.69. The van der Waals surface area contributed by atoms with Gasteiger partial charge in [-0.1, -0.05) is 26.7 Å². The van der Waals surface area contributed by atoms with Crippen LogP contribution in [0.4, 0.5) is 0 Å². The van der Waals surface area contributed by atoms with Crippen LogP contribution in [0.2, 0.25) is 0 Å². The van der Waals surface area contributed by atoms with Crippen molar-refractivity contribution in [1.29, 1.82) is 0 Å². The molecule has 120 valence electrons. The fourth-order valence-corrected chi connectivity index (χ4v) is 3.69. The quantitative estimate of drug-likeness (QED) is 0.729. The molecule has 0 aromatic heterocycles. The Bertz CT molecular complexity index is 265. The minimum absolute atomic E-state index is 0.260. The molecular weight excluding hydrogens is 246 g/mol. The van der Waals surface area contributed by atoms with Gasteiger partial charge in [-0.25, -0.2) is 0 Å². The van der Waals surface area contributed by atoms with E-state index in [1.54, 1.807) is 0 Å². The van der Waals surface area contributed by atoms with E-state index in [4.69, 9.17) is 5.73 Å². The van der Waals surface area contributed by atoms with Crippen molar-refractivity contribution in [3.63, 3.8) is 0 Å². The minimum Gasteiger partial charge on any atom is -0.329 e. The Morgan fingerprint density at radius 1 is 1.10 bits per heavy atom. The van der Waals surface area contributed by atoms with Crippen molar-refractivity contribution in [3.8, 4) is 0 Å². The zero-order chi connectivity index (χ0) is 15.2. The number of nitrogens with zero attached hydrogens (tertiary/aromatic N) is 2. The largest absolute Gasteiger partial charge is 0.329 e. The monoisotopic (exact) mass is 283 g/mol. The molecule has 2 N–H and O–H groups in total. The number of rotatable bonds is 7. The summed E-state index contributed by atoms with van der Waals surface area (Å²) in [5, 5.41) is 0. The van der Waals surface area contributed by atoms with Crippen LogP contribution in [0.25, 0.3) is 0 Å². The van der Waals surface area contributed by atoms with E-state index in [1.165, 1.54) is 51.6 Å². The molecule has 2 unspecified atom stereocenters. The maximum Gasteiger partial charge on any atom is 0.0328 e. The average molecular weight is 284 g/mol. The van der Waals surface area contributed by atoms with Gasteiger partial charge in [0, 0.05) is 12.1 Å². The zero-order valence-electron chi connectivity index (χ0n) is 14.5. The third-order valence-corrected chi connectivity index (χ3v) is 5.43. The van der Waals surface area contributed by atoms with Crippen LogP contribution >= 0.6 is 0 Å². The zero-order valence-corrected chi connectivity index (χ0v) is 14.5. The first kappa shape index (κ1) is 17.9.